The van der Waals surface area contributed by atoms with Crippen LogP contribution in [0.5, 0.6) is 5.75 Å². The van der Waals surface area contributed by atoms with Crippen LogP contribution in [-0.4, -0.2) is 38.7 Å². The molecule has 0 saturated heterocycles. The number of nitrogens with one attached hydrogen (secondary N) is 1. The maximum absolute atomic E-state index is 12.6. The lowest BCUT2D eigenvalue weighted by Crippen LogP contribution is -2.14. The van der Waals surface area contributed by atoms with Gasteiger partial charge < -0.3 is 10.1 Å². The average Bonchev–Trinajstić information content (AvgIpc) is 3.41. The lowest BCUT2D eigenvalue weighted by molar-refractivity contribution is -0.113. The van der Waals surface area contributed by atoms with Crippen molar-refractivity contribution in [2.45, 2.75) is 30.7 Å². The number of aromatic nitrogens is 4. The zero-order valence-electron chi connectivity index (χ0n) is 17.8. The third kappa shape index (κ3) is 3.92. The SMILES string of the molecule is COc1ccc2nc3sc4c(SCC(=O)Nc5nc6c(s5)CCCC6)ncnc4c3cc2c1. The van der Waals surface area contributed by atoms with Crippen LogP contribution in [0.3, 0.4) is 0 Å². The molecule has 4 aromatic heterocycles. The zero-order chi connectivity index (χ0) is 22.4. The first-order chi connectivity index (χ1) is 16.2. The highest BCUT2D eigenvalue weighted by atomic mass is 32.2. The van der Waals surface area contributed by atoms with Crippen LogP contribution in [0.1, 0.15) is 23.4 Å². The van der Waals surface area contributed by atoms with E-state index in [4.69, 9.17) is 9.72 Å². The second kappa shape index (κ2) is 8.51. The Hall–Kier alpha value is -2.82. The molecular weight excluding hydrogens is 474 g/mol. The topological polar surface area (TPSA) is 89.9 Å². The number of ether oxygens (including phenoxy) is 1. The van der Waals surface area contributed by atoms with Crippen LogP contribution in [-0.2, 0) is 17.6 Å². The van der Waals surface area contributed by atoms with E-state index in [1.807, 2.05) is 18.2 Å². The van der Waals surface area contributed by atoms with Crippen molar-refractivity contribution in [1.82, 2.24) is 19.9 Å². The van der Waals surface area contributed by atoms with Crippen molar-refractivity contribution in [2.24, 2.45) is 0 Å². The smallest absolute Gasteiger partial charge is 0.236 e. The maximum Gasteiger partial charge on any atom is 0.236 e. The van der Waals surface area contributed by atoms with Gasteiger partial charge in [0.05, 0.1) is 34.3 Å². The summed E-state index contributed by atoms with van der Waals surface area (Å²) in [5, 5.41) is 6.44. The summed E-state index contributed by atoms with van der Waals surface area (Å²) in [5.41, 5.74) is 2.91. The number of thiophene rings is 1. The van der Waals surface area contributed by atoms with Gasteiger partial charge >= 0.3 is 0 Å². The number of nitrogens with zero attached hydrogens (tertiary/aromatic N) is 4. The Labute approximate surface area is 201 Å². The van der Waals surface area contributed by atoms with Crippen LogP contribution in [0.2, 0.25) is 0 Å². The normalized spacial score (nSPS) is 13.5. The van der Waals surface area contributed by atoms with Gasteiger partial charge in [-0.3, -0.25) is 4.79 Å². The van der Waals surface area contributed by atoms with Crippen molar-refractivity contribution in [1.29, 1.82) is 0 Å². The van der Waals surface area contributed by atoms with Crippen LogP contribution in [0.4, 0.5) is 5.13 Å². The number of fused-ring (bicyclic) bond motifs is 5. The van der Waals surface area contributed by atoms with Gasteiger partial charge in [-0.1, -0.05) is 11.8 Å². The van der Waals surface area contributed by atoms with Gasteiger partial charge in [-0.05, 0) is 49.9 Å². The predicted octanol–water partition coefficient (Wildman–Crippen LogP) is 5.47. The number of anilines is 1. The molecule has 33 heavy (non-hydrogen) atoms. The molecule has 0 unspecified atom stereocenters. The number of thioether (sulfide) groups is 1. The Balaban J connectivity index is 1.26. The Morgan fingerprint density at radius 2 is 2.06 bits per heavy atom. The van der Waals surface area contributed by atoms with E-state index in [1.54, 1.807) is 36.1 Å². The molecule has 1 N–H and O–H groups in total. The molecule has 0 bridgehead atoms. The standard InChI is InChI=1S/C23H19N5O2S3/c1-30-13-6-7-15-12(8-13)9-14-19-20(33-21(14)26-15)22(25-11-24-19)31-10-18(29)28-23-27-16-4-2-3-5-17(16)32-23/h6-9,11H,2-5,10H2,1H3,(H,27,28,29). The molecule has 1 aromatic carbocycles. The highest BCUT2D eigenvalue weighted by Crippen LogP contribution is 2.38. The van der Waals surface area contributed by atoms with Gasteiger partial charge in [0.25, 0.3) is 0 Å². The summed E-state index contributed by atoms with van der Waals surface area (Å²) < 4.78 is 6.30. The number of carbonyl (C=O) groups is 1. The number of hydrogen-bond acceptors (Lipinski definition) is 9. The van der Waals surface area contributed by atoms with Gasteiger partial charge in [-0.25, -0.2) is 19.9 Å². The largest absolute Gasteiger partial charge is 0.497 e. The minimum atomic E-state index is -0.0741. The quantitative estimate of drug-likeness (QED) is 0.257. The Morgan fingerprint density at radius 1 is 1.15 bits per heavy atom. The number of thiazole rings is 1. The second-order valence-electron chi connectivity index (χ2n) is 7.79. The molecule has 0 aliphatic heterocycles. The summed E-state index contributed by atoms with van der Waals surface area (Å²) in [5.74, 6) is 0.980. The third-order valence-electron chi connectivity index (χ3n) is 5.64. The maximum atomic E-state index is 12.6. The van der Waals surface area contributed by atoms with E-state index >= 15 is 0 Å². The van der Waals surface area contributed by atoms with Crippen molar-refractivity contribution in [3.05, 3.63) is 41.2 Å². The monoisotopic (exact) mass is 493 g/mol. The summed E-state index contributed by atoms with van der Waals surface area (Å²) in [4.78, 5) is 33.2. The van der Waals surface area contributed by atoms with Gasteiger partial charge in [0.2, 0.25) is 5.91 Å². The Kier molecular flexibility index (Phi) is 5.35. The Morgan fingerprint density at radius 3 is 2.94 bits per heavy atom. The first kappa shape index (κ1) is 20.8. The second-order valence-corrected chi connectivity index (χ2v) is 10.8. The van der Waals surface area contributed by atoms with E-state index in [9.17, 15) is 4.79 Å². The molecule has 0 radical (unpaired) electrons. The molecule has 0 atom stereocenters. The van der Waals surface area contributed by atoms with Crippen molar-refractivity contribution < 1.29 is 9.53 Å². The first-order valence-electron chi connectivity index (χ1n) is 10.6. The number of aryl methyl sites for hydroxylation is 2. The lowest BCUT2D eigenvalue weighted by atomic mass is 10.0. The minimum Gasteiger partial charge on any atom is -0.497 e. The molecule has 1 aliphatic rings. The first-order valence-corrected chi connectivity index (χ1v) is 13.2. The minimum absolute atomic E-state index is 0.0741. The highest BCUT2D eigenvalue weighted by Gasteiger charge is 2.18. The number of carbonyl (C=O) groups excluding carboxylic acids is 1. The van der Waals surface area contributed by atoms with Crippen LogP contribution >= 0.6 is 34.4 Å². The molecule has 0 saturated carbocycles. The van der Waals surface area contributed by atoms with Crippen LogP contribution in [0, 0.1) is 0 Å². The fourth-order valence-corrected chi connectivity index (χ4v) is 7.11. The molecule has 1 amide bonds. The van der Waals surface area contributed by atoms with Crippen molar-refractivity contribution in [2.75, 3.05) is 18.2 Å². The summed E-state index contributed by atoms with van der Waals surface area (Å²) in [6.07, 6.45) is 6.01. The van der Waals surface area contributed by atoms with E-state index in [2.05, 4.69) is 26.3 Å². The zero-order valence-corrected chi connectivity index (χ0v) is 20.2. The van der Waals surface area contributed by atoms with E-state index in [0.717, 1.165) is 60.6 Å². The molecule has 1 aliphatic carbocycles. The fraction of sp³-hybridized carbons (Fsp3) is 0.261. The van der Waals surface area contributed by atoms with Crippen molar-refractivity contribution in [3.8, 4) is 5.75 Å². The van der Waals surface area contributed by atoms with Gasteiger partial charge in [0, 0.05) is 15.6 Å². The van der Waals surface area contributed by atoms with Crippen LogP contribution < -0.4 is 10.1 Å². The molecule has 0 fully saturated rings. The summed E-state index contributed by atoms with van der Waals surface area (Å²) >= 11 is 4.57. The summed E-state index contributed by atoms with van der Waals surface area (Å²) in [7, 11) is 1.66. The lowest BCUT2D eigenvalue weighted by Gasteiger charge is -2.06. The Bertz CT molecular complexity index is 1500. The average molecular weight is 494 g/mol. The third-order valence-corrected chi connectivity index (χ3v) is 8.93. The van der Waals surface area contributed by atoms with Gasteiger partial charge in [0.15, 0.2) is 5.13 Å². The molecular formula is C23H19N5O2S3. The number of pyridine rings is 1. The van der Waals surface area contributed by atoms with E-state index in [1.165, 1.54) is 29.5 Å². The van der Waals surface area contributed by atoms with E-state index < -0.39 is 0 Å². The molecule has 0 spiro atoms. The van der Waals surface area contributed by atoms with E-state index in [0.29, 0.717) is 5.13 Å². The van der Waals surface area contributed by atoms with Gasteiger partial charge in [-0.2, -0.15) is 0 Å². The highest BCUT2D eigenvalue weighted by molar-refractivity contribution is 8.00. The molecule has 10 heteroatoms. The van der Waals surface area contributed by atoms with Gasteiger partial charge in [-0.15, -0.1) is 22.7 Å². The molecule has 4 heterocycles. The molecule has 5 aromatic rings. The number of methoxy groups -OCH3 is 1. The number of rotatable bonds is 5. The number of hydrogen-bond donors (Lipinski definition) is 1. The van der Waals surface area contributed by atoms with Crippen molar-refractivity contribution >= 4 is 76.8 Å². The summed E-state index contributed by atoms with van der Waals surface area (Å²) in [6, 6.07) is 7.94. The summed E-state index contributed by atoms with van der Waals surface area (Å²) in [6.45, 7) is 0. The molecule has 166 valence electrons. The molecule has 6 rings (SSSR count). The van der Waals surface area contributed by atoms with Crippen LogP contribution in [0.15, 0.2) is 35.6 Å². The van der Waals surface area contributed by atoms with E-state index in [-0.39, 0.29) is 11.7 Å². The number of benzene rings is 1. The van der Waals surface area contributed by atoms with Crippen LogP contribution in [0.25, 0.3) is 31.3 Å². The molecule has 7 nitrogen and oxygen atoms in total. The number of amides is 1. The van der Waals surface area contributed by atoms with Crippen molar-refractivity contribution in [3.63, 3.8) is 0 Å². The van der Waals surface area contributed by atoms with Gasteiger partial charge in [0.1, 0.15) is 21.9 Å². The predicted molar refractivity (Wildman–Crippen MR) is 135 cm³/mol. The fourth-order valence-electron chi connectivity index (χ4n) is 4.05.